The second-order valence-electron chi connectivity index (χ2n) is 4.67. The molecule has 0 spiro atoms. The molecule has 21 heavy (non-hydrogen) atoms. The maximum Gasteiger partial charge on any atom is 0.387 e. The van der Waals surface area contributed by atoms with Crippen LogP contribution >= 0.6 is 0 Å². The van der Waals surface area contributed by atoms with Gasteiger partial charge in [-0.3, -0.25) is 0 Å². The molecule has 0 fully saturated rings. The summed E-state index contributed by atoms with van der Waals surface area (Å²) in [6.45, 7) is -1.01. The summed E-state index contributed by atoms with van der Waals surface area (Å²) in [5, 5.41) is 3.14. The van der Waals surface area contributed by atoms with Gasteiger partial charge in [-0.25, -0.2) is 4.39 Å². The van der Waals surface area contributed by atoms with Gasteiger partial charge >= 0.3 is 6.61 Å². The van der Waals surface area contributed by atoms with E-state index in [0.29, 0.717) is 0 Å². The summed E-state index contributed by atoms with van der Waals surface area (Å²) in [6.07, 6.45) is 0. The standard InChI is InChI=1S/C16H16F3NO/c1-10-9-12(17)5-8-14(10)15(20-2)11-3-6-13(7-4-11)21-16(18)19/h3-9,15-16,20H,1-2H3. The molecule has 0 saturated heterocycles. The lowest BCUT2D eigenvalue weighted by Crippen LogP contribution is -2.18. The van der Waals surface area contributed by atoms with E-state index in [9.17, 15) is 13.2 Å². The van der Waals surface area contributed by atoms with Crippen LogP contribution in [0.2, 0.25) is 0 Å². The highest BCUT2D eigenvalue weighted by Gasteiger charge is 2.15. The minimum Gasteiger partial charge on any atom is -0.435 e. The Morgan fingerprint density at radius 3 is 2.24 bits per heavy atom. The molecule has 1 atom stereocenters. The smallest absolute Gasteiger partial charge is 0.387 e. The van der Waals surface area contributed by atoms with Gasteiger partial charge in [0.15, 0.2) is 0 Å². The molecule has 0 aliphatic rings. The summed E-state index contributed by atoms with van der Waals surface area (Å²) in [7, 11) is 1.79. The molecule has 0 saturated carbocycles. The van der Waals surface area contributed by atoms with Crippen LogP contribution < -0.4 is 10.1 Å². The van der Waals surface area contributed by atoms with Crippen molar-refractivity contribution in [1.29, 1.82) is 0 Å². The molecule has 2 rings (SSSR count). The van der Waals surface area contributed by atoms with Gasteiger partial charge in [-0.2, -0.15) is 8.78 Å². The zero-order valence-electron chi connectivity index (χ0n) is 11.7. The average Bonchev–Trinajstić information content (AvgIpc) is 2.43. The van der Waals surface area contributed by atoms with Crippen molar-refractivity contribution in [3.8, 4) is 5.75 Å². The number of halogens is 3. The van der Waals surface area contributed by atoms with Gasteiger partial charge in [0.2, 0.25) is 0 Å². The van der Waals surface area contributed by atoms with E-state index >= 15 is 0 Å². The summed E-state index contributed by atoms with van der Waals surface area (Å²) >= 11 is 0. The van der Waals surface area contributed by atoms with Crippen LogP contribution in [0.4, 0.5) is 13.2 Å². The van der Waals surface area contributed by atoms with Crippen molar-refractivity contribution in [2.45, 2.75) is 19.6 Å². The van der Waals surface area contributed by atoms with Crippen LogP contribution in [0.15, 0.2) is 42.5 Å². The van der Waals surface area contributed by atoms with Crippen LogP contribution in [0.25, 0.3) is 0 Å². The van der Waals surface area contributed by atoms with Crippen molar-refractivity contribution in [3.05, 3.63) is 65.0 Å². The first-order valence-corrected chi connectivity index (χ1v) is 6.49. The Labute approximate surface area is 121 Å². The predicted octanol–water partition coefficient (Wildman–Crippen LogP) is 4.04. The fourth-order valence-corrected chi connectivity index (χ4v) is 2.31. The van der Waals surface area contributed by atoms with E-state index in [0.717, 1.165) is 16.7 Å². The number of alkyl halides is 2. The molecule has 0 aliphatic heterocycles. The molecular weight excluding hydrogens is 279 g/mol. The van der Waals surface area contributed by atoms with Crippen molar-refractivity contribution >= 4 is 0 Å². The lowest BCUT2D eigenvalue weighted by molar-refractivity contribution is -0.0498. The van der Waals surface area contributed by atoms with Gasteiger partial charge in [-0.05, 0) is 54.9 Å². The van der Waals surface area contributed by atoms with Crippen LogP contribution in [-0.2, 0) is 0 Å². The third-order valence-corrected chi connectivity index (χ3v) is 3.27. The Balaban J connectivity index is 2.28. The van der Waals surface area contributed by atoms with Gasteiger partial charge in [0.25, 0.3) is 0 Å². The Kier molecular flexibility index (Phi) is 4.85. The molecule has 0 bridgehead atoms. The zero-order chi connectivity index (χ0) is 15.4. The average molecular weight is 295 g/mol. The van der Waals surface area contributed by atoms with Crippen molar-refractivity contribution in [2.75, 3.05) is 7.05 Å². The molecule has 1 unspecified atom stereocenters. The highest BCUT2D eigenvalue weighted by molar-refractivity contribution is 5.39. The fourth-order valence-electron chi connectivity index (χ4n) is 2.31. The molecule has 2 aromatic rings. The minimum atomic E-state index is -2.84. The molecular formula is C16H16F3NO. The molecule has 112 valence electrons. The van der Waals surface area contributed by atoms with E-state index in [1.807, 2.05) is 6.92 Å². The van der Waals surface area contributed by atoms with Gasteiger partial charge in [0.05, 0.1) is 6.04 Å². The van der Waals surface area contributed by atoms with E-state index in [1.54, 1.807) is 25.2 Å². The van der Waals surface area contributed by atoms with Gasteiger partial charge in [-0.1, -0.05) is 18.2 Å². The fraction of sp³-hybridized carbons (Fsp3) is 0.250. The van der Waals surface area contributed by atoms with Gasteiger partial charge in [0.1, 0.15) is 11.6 Å². The summed E-state index contributed by atoms with van der Waals surface area (Å²) < 4.78 is 41.8. The van der Waals surface area contributed by atoms with Crippen LogP contribution in [0, 0.1) is 12.7 Å². The van der Waals surface area contributed by atoms with Crippen LogP contribution in [-0.4, -0.2) is 13.7 Å². The van der Waals surface area contributed by atoms with E-state index in [2.05, 4.69) is 10.1 Å². The maximum absolute atomic E-state index is 13.2. The topological polar surface area (TPSA) is 21.3 Å². The van der Waals surface area contributed by atoms with E-state index in [-0.39, 0.29) is 17.6 Å². The second kappa shape index (κ2) is 6.63. The number of nitrogens with one attached hydrogen (secondary N) is 1. The van der Waals surface area contributed by atoms with E-state index in [1.165, 1.54) is 24.3 Å². The normalized spacial score (nSPS) is 12.5. The number of benzene rings is 2. The molecule has 0 amide bonds. The molecule has 0 aromatic heterocycles. The first-order valence-electron chi connectivity index (χ1n) is 6.49. The Morgan fingerprint density at radius 2 is 1.71 bits per heavy atom. The number of rotatable bonds is 5. The summed E-state index contributed by atoms with van der Waals surface area (Å²) in [5.41, 5.74) is 2.64. The minimum absolute atomic E-state index is 0.111. The molecule has 2 nitrogen and oxygen atoms in total. The van der Waals surface area contributed by atoms with Crippen molar-refractivity contribution in [3.63, 3.8) is 0 Å². The second-order valence-corrected chi connectivity index (χ2v) is 4.67. The SMILES string of the molecule is CNC(c1ccc(OC(F)F)cc1)c1ccc(F)cc1C. The number of hydrogen-bond donors (Lipinski definition) is 1. The zero-order valence-corrected chi connectivity index (χ0v) is 11.7. The Bertz CT molecular complexity index is 599. The summed E-state index contributed by atoms with van der Waals surface area (Å²) in [6, 6.07) is 10.8. The quantitative estimate of drug-likeness (QED) is 0.898. The molecule has 0 aliphatic carbocycles. The van der Waals surface area contributed by atoms with Gasteiger partial charge in [0, 0.05) is 0 Å². The van der Waals surface area contributed by atoms with Gasteiger partial charge < -0.3 is 10.1 Å². The largest absolute Gasteiger partial charge is 0.435 e. The Hall–Kier alpha value is -2.01. The van der Waals surface area contributed by atoms with Crippen molar-refractivity contribution < 1.29 is 17.9 Å². The van der Waals surface area contributed by atoms with E-state index in [4.69, 9.17) is 0 Å². The molecule has 0 heterocycles. The number of ether oxygens (including phenoxy) is 1. The first kappa shape index (κ1) is 15.4. The lowest BCUT2D eigenvalue weighted by Gasteiger charge is -2.20. The predicted molar refractivity (Wildman–Crippen MR) is 75.1 cm³/mol. The maximum atomic E-state index is 13.2. The Morgan fingerprint density at radius 1 is 1.05 bits per heavy atom. The highest BCUT2D eigenvalue weighted by atomic mass is 19.3. The summed E-state index contributed by atoms with van der Waals surface area (Å²) in [5.74, 6) is -0.175. The third kappa shape index (κ3) is 3.76. The van der Waals surface area contributed by atoms with Crippen LogP contribution in [0.3, 0.4) is 0 Å². The van der Waals surface area contributed by atoms with E-state index < -0.39 is 6.61 Å². The molecule has 2 aromatic carbocycles. The van der Waals surface area contributed by atoms with Gasteiger partial charge in [-0.15, -0.1) is 0 Å². The van der Waals surface area contributed by atoms with Crippen molar-refractivity contribution in [2.24, 2.45) is 0 Å². The first-order chi connectivity index (χ1) is 10.0. The number of aryl methyl sites for hydroxylation is 1. The lowest BCUT2D eigenvalue weighted by atomic mass is 9.95. The monoisotopic (exact) mass is 295 g/mol. The number of hydrogen-bond acceptors (Lipinski definition) is 2. The van der Waals surface area contributed by atoms with Crippen LogP contribution in [0.1, 0.15) is 22.7 Å². The summed E-state index contributed by atoms with van der Waals surface area (Å²) in [4.78, 5) is 0. The highest BCUT2D eigenvalue weighted by Crippen LogP contribution is 2.27. The molecule has 0 radical (unpaired) electrons. The molecule has 1 N–H and O–H groups in total. The van der Waals surface area contributed by atoms with Crippen molar-refractivity contribution in [1.82, 2.24) is 5.32 Å². The molecule has 5 heteroatoms. The van der Waals surface area contributed by atoms with Crippen LogP contribution in [0.5, 0.6) is 5.75 Å². The third-order valence-electron chi connectivity index (χ3n) is 3.27.